The highest BCUT2D eigenvalue weighted by atomic mass is 16.7. The van der Waals surface area contributed by atoms with Gasteiger partial charge in [0.1, 0.15) is 23.1 Å². The van der Waals surface area contributed by atoms with Crippen LogP contribution in [0.2, 0.25) is 0 Å². The third kappa shape index (κ3) is 4.12. The number of fused-ring (bicyclic) bond motifs is 1. The number of amides is 4. The van der Waals surface area contributed by atoms with Crippen LogP contribution in [0, 0.1) is 0 Å². The maximum atomic E-state index is 13.3. The third-order valence-corrected chi connectivity index (χ3v) is 6.04. The minimum atomic E-state index is -1.34. The second-order valence-corrected chi connectivity index (χ2v) is 8.40. The number of para-hydroxylation sites is 1. The number of benzene rings is 3. The number of ether oxygens (including phenoxy) is 3. The molecule has 178 valence electrons. The zero-order valence-corrected chi connectivity index (χ0v) is 19.1. The smallest absolute Gasteiger partial charge is 0.326 e. The van der Waals surface area contributed by atoms with Gasteiger partial charge in [0.25, 0.3) is 5.91 Å². The fourth-order valence-corrected chi connectivity index (χ4v) is 4.01. The van der Waals surface area contributed by atoms with Gasteiger partial charge in [-0.25, -0.2) is 9.69 Å². The van der Waals surface area contributed by atoms with E-state index < -0.39 is 29.4 Å². The van der Waals surface area contributed by atoms with Crippen LogP contribution >= 0.6 is 0 Å². The molecular formula is C26H23N3O6. The highest BCUT2D eigenvalue weighted by Gasteiger charge is 2.52. The van der Waals surface area contributed by atoms with Gasteiger partial charge in [-0.15, -0.1) is 0 Å². The molecule has 35 heavy (non-hydrogen) atoms. The number of imide groups is 1. The van der Waals surface area contributed by atoms with Crippen molar-refractivity contribution in [2.24, 2.45) is 0 Å². The van der Waals surface area contributed by atoms with Crippen LogP contribution in [0.15, 0.2) is 72.8 Å². The second kappa shape index (κ2) is 8.68. The summed E-state index contributed by atoms with van der Waals surface area (Å²) in [5.41, 5.74) is -0.305. The Bertz CT molecular complexity index is 1290. The molecule has 2 heterocycles. The van der Waals surface area contributed by atoms with Gasteiger partial charge in [-0.2, -0.15) is 0 Å². The predicted octanol–water partition coefficient (Wildman–Crippen LogP) is 4.00. The molecule has 1 fully saturated rings. The normalized spacial score (nSPS) is 19.3. The first kappa shape index (κ1) is 22.3. The van der Waals surface area contributed by atoms with Crippen LogP contribution in [0.3, 0.4) is 0 Å². The molecule has 0 radical (unpaired) electrons. The molecule has 0 aliphatic carbocycles. The Morgan fingerprint density at radius 1 is 1.00 bits per heavy atom. The van der Waals surface area contributed by atoms with E-state index in [-0.39, 0.29) is 6.79 Å². The molecule has 0 aromatic heterocycles. The minimum absolute atomic E-state index is 0.0957. The van der Waals surface area contributed by atoms with Crippen LogP contribution in [0.25, 0.3) is 0 Å². The zero-order valence-electron chi connectivity index (χ0n) is 19.1. The summed E-state index contributed by atoms with van der Waals surface area (Å²) in [6.45, 7) is 3.20. The fourth-order valence-electron chi connectivity index (χ4n) is 4.01. The van der Waals surface area contributed by atoms with E-state index in [0.717, 1.165) is 4.90 Å². The molecule has 4 amide bonds. The largest absolute Gasteiger partial charge is 0.457 e. The number of anilines is 1. The third-order valence-electron chi connectivity index (χ3n) is 6.04. The predicted molar refractivity (Wildman–Crippen MR) is 126 cm³/mol. The molecule has 0 saturated carbocycles. The Morgan fingerprint density at radius 2 is 1.69 bits per heavy atom. The van der Waals surface area contributed by atoms with Crippen LogP contribution in [-0.2, 0) is 15.1 Å². The Morgan fingerprint density at radius 3 is 2.43 bits per heavy atom. The van der Waals surface area contributed by atoms with Gasteiger partial charge in [0.15, 0.2) is 11.5 Å². The number of hydrogen-bond donors (Lipinski definition) is 2. The minimum Gasteiger partial charge on any atom is -0.457 e. The van der Waals surface area contributed by atoms with E-state index >= 15 is 0 Å². The lowest BCUT2D eigenvalue weighted by molar-refractivity contribution is -0.136. The van der Waals surface area contributed by atoms with E-state index in [9.17, 15) is 14.4 Å². The van der Waals surface area contributed by atoms with E-state index in [1.165, 1.54) is 6.92 Å². The molecule has 3 aromatic rings. The van der Waals surface area contributed by atoms with Crippen LogP contribution in [-0.4, -0.2) is 35.6 Å². The molecule has 2 aliphatic rings. The standard InChI is InChI=1S/C26H23N3O6/c1-16(23(30)27-18-9-11-20(12-10-18)35-19-6-4-3-5-7-19)29-24(31)26(2,28-25(29)32)17-8-13-21-22(14-17)34-15-33-21/h3-14,16H,15H2,1-2H3,(H,27,30)(H,28,32). The van der Waals surface area contributed by atoms with Gasteiger partial charge in [-0.05, 0) is 67.9 Å². The zero-order chi connectivity index (χ0) is 24.6. The molecule has 2 N–H and O–H groups in total. The Hall–Kier alpha value is -4.53. The molecule has 1 saturated heterocycles. The molecule has 9 heteroatoms. The van der Waals surface area contributed by atoms with Crippen molar-refractivity contribution in [3.05, 3.63) is 78.4 Å². The van der Waals surface area contributed by atoms with Crippen molar-refractivity contribution in [3.8, 4) is 23.0 Å². The Labute approximate surface area is 201 Å². The van der Waals surface area contributed by atoms with Gasteiger partial charge >= 0.3 is 6.03 Å². The summed E-state index contributed by atoms with van der Waals surface area (Å²) >= 11 is 0. The van der Waals surface area contributed by atoms with Crippen LogP contribution < -0.4 is 24.8 Å². The molecule has 0 spiro atoms. The molecule has 2 atom stereocenters. The van der Waals surface area contributed by atoms with Crippen molar-refractivity contribution in [2.75, 3.05) is 12.1 Å². The van der Waals surface area contributed by atoms with Gasteiger partial charge in [-0.3, -0.25) is 9.59 Å². The van der Waals surface area contributed by atoms with Crippen molar-refractivity contribution in [1.82, 2.24) is 10.2 Å². The van der Waals surface area contributed by atoms with Crippen molar-refractivity contribution in [1.29, 1.82) is 0 Å². The summed E-state index contributed by atoms with van der Waals surface area (Å²) in [5.74, 6) is 1.34. The number of carbonyl (C=O) groups is 3. The summed E-state index contributed by atoms with van der Waals surface area (Å²) < 4.78 is 16.5. The Kier molecular flexibility index (Phi) is 5.52. The van der Waals surface area contributed by atoms with Crippen molar-refractivity contribution >= 4 is 23.5 Å². The van der Waals surface area contributed by atoms with Crippen molar-refractivity contribution < 1.29 is 28.6 Å². The first-order valence-corrected chi connectivity index (χ1v) is 11.0. The van der Waals surface area contributed by atoms with Gasteiger partial charge in [0.2, 0.25) is 12.7 Å². The molecule has 2 aliphatic heterocycles. The van der Waals surface area contributed by atoms with Gasteiger partial charge < -0.3 is 24.8 Å². The summed E-state index contributed by atoms with van der Waals surface area (Å²) in [6.07, 6.45) is 0. The number of nitrogens with one attached hydrogen (secondary N) is 2. The number of carbonyl (C=O) groups excluding carboxylic acids is 3. The maximum absolute atomic E-state index is 13.3. The number of nitrogens with zero attached hydrogens (tertiary/aromatic N) is 1. The van der Waals surface area contributed by atoms with E-state index in [1.54, 1.807) is 49.4 Å². The monoisotopic (exact) mass is 473 g/mol. The van der Waals surface area contributed by atoms with E-state index in [1.807, 2.05) is 30.3 Å². The molecule has 5 rings (SSSR count). The summed E-state index contributed by atoms with van der Waals surface area (Å²) in [7, 11) is 0. The summed E-state index contributed by atoms with van der Waals surface area (Å²) in [4.78, 5) is 39.9. The first-order valence-electron chi connectivity index (χ1n) is 11.0. The second-order valence-electron chi connectivity index (χ2n) is 8.40. The highest BCUT2D eigenvalue weighted by molar-refractivity contribution is 6.11. The number of rotatable bonds is 6. The topological polar surface area (TPSA) is 106 Å². The van der Waals surface area contributed by atoms with Crippen LogP contribution in [0.4, 0.5) is 10.5 Å². The first-order chi connectivity index (χ1) is 16.8. The quantitative estimate of drug-likeness (QED) is 0.524. The SMILES string of the molecule is CC(C(=O)Nc1ccc(Oc2ccccc2)cc1)N1C(=O)NC(C)(c2ccc3c(c2)OCO3)C1=O. The number of hydrogen-bond acceptors (Lipinski definition) is 6. The van der Waals surface area contributed by atoms with Crippen LogP contribution in [0.5, 0.6) is 23.0 Å². The fraction of sp³-hybridized carbons (Fsp3) is 0.192. The molecule has 2 unspecified atom stereocenters. The molecular weight excluding hydrogens is 450 g/mol. The highest BCUT2D eigenvalue weighted by Crippen LogP contribution is 2.38. The van der Waals surface area contributed by atoms with Crippen LogP contribution in [0.1, 0.15) is 19.4 Å². The van der Waals surface area contributed by atoms with E-state index in [0.29, 0.717) is 34.2 Å². The van der Waals surface area contributed by atoms with Crippen molar-refractivity contribution in [3.63, 3.8) is 0 Å². The molecule has 9 nitrogen and oxygen atoms in total. The molecule has 3 aromatic carbocycles. The van der Waals surface area contributed by atoms with Gasteiger partial charge in [0.05, 0.1) is 0 Å². The Balaban J connectivity index is 1.27. The van der Waals surface area contributed by atoms with Crippen molar-refractivity contribution in [2.45, 2.75) is 25.4 Å². The van der Waals surface area contributed by atoms with Gasteiger partial charge in [-0.1, -0.05) is 24.3 Å². The lowest BCUT2D eigenvalue weighted by atomic mass is 9.91. The molecule has 0 bridgehead atoms. The number of urea groups is 1. The van der Waals surface area contributed by atoms with E-state index in [2.05, 4.69) is 10.6 Å². The van der Waals surface area contributed by atoms with Gasteiger partial charge in [0, 0.05) is 5.69 Å². The van der Waals surface area contributed by atoms with E-state index in [4.69, 9.17) is 14.2 Å². The maximum Gasteiger partial charge on any atom is 0.326 e. The summed E-state index contributed by atoms with van der Waals surface area (Å²) in [6, 6.07) is 19.5. The lowest BCUT2D eigenvalue weighted by Gasteiger charge is -2.24. The average Bonchev–Trinajstić information content (AvgIpc) is 3.42. The summed E-state index contributed by atoms with van der Waals surface area (Å²) in [5, 5.41) is 5.46. The average molecular weight is 473 g/mol. The lowest BCUT2D eigenvalue weighted by Crippen LogP contribution is -2.47.